The Morgan fingerprint density at radius 3 is 2.46 bits per heavy atom. The maximum Gasteiger partial charge on any atom is 0.254 e. The molecule has 1 aliphatic carbocycles. The van der Waals surface area contributed by atoms with Gasteiger partial charge in [0.2, 0.25) is 0 Å². The molecule has 0 unspecified atom stereocenters. The van der Waals surface area contributed by atoms with Crippen LogP contribution in [-0.4, -0.2) is 32.1 Å². The molecule has 2 aromatic carbocycles. The van der Waals surface area contributed by atoms with Crippen molar-refractivity contribution in [3.05, 3.63) is 80.3 Å². The van der Waals surface area contributed by atoms with Crippen molar-refractivity contribution in [3.63, 3.8) is 0 Å². The van der Waals surface area contributed by atoms with E-state index in [1.807, 2.05) is 29.8 Å². The molecule has 4 aromatic rings. The van der Waals surface area contributed by atoms with E-state index in [1.54, 1.807) is 14.2 Å². The van der Waals surface area contributed by atoms with Gasteiger partial charge in [0, 0.05) is 47.3 Å². The monoisotopic (exact) mass is 572 g/mol. The topological polar surface area (TPSA) is 65.5 Å². The summed E-state index contributed by atoms with van der Waals surface area (Å²) in [6.45, 7) is 14.1. The standard InChI is InChI=1S/C34H44N2O4Si/c1-21-27-12-10-11-22-18-30-24(15-25(35-30)20-40-41(8,9)34(2,3)4)17-29(22)32(27)36(5)33(37)28(21)16-23-13-14-26(38-6)19-31(23)39-7/h13-15,17-19,35H,10-12,16,20H2,1-9H3. The third-order valence-electron chi connectivity index (χ3n) is 9.37. The number of aromatic nitrogens is 2. The second-order valence-corrected chi connectivity index (χ2v) is 17.8. The first-order chi connectivity index (χ1) is 19.3. The van der Waals surface area contributed by atoms with E-state index in [1.165, 1.54) is 11.1 Å². The van der Waals surface area contributed by atoms with Crippen LogP contribution in [0.3, 0.4) is 0 Å². The van der Waals surface area contributed by atoms with Crippen molar-refractivity contribution < 1.29 is 13.9 Å². The molecule has 6 nitrogen and oxygen atoms in total. The summed E-state index contributed by atoms with van der Waals surface area (Å²) in [6.07, 6.45) is 3.47. The lowest BCUT2D eigenvalue weighted by Gasteiger charge is -2.36. The molecule has 0 atom stereocenters. The molecular weight excluding hydrogens is 528 g/mol. The Balaban J connectivity index is 1.55. The molecule has 0 saturated heterocycles. The van der Waals surface area contributed by atoms with Crippen molar-refractivity contribution in [1.82, 2.24) is 9.55 Å². The van der Waals surface area contributed by atoms with Crippen molar-refractivity contribution in [2.75, 3.05) is 14.2 Å². The Kier molecular flexibility index (Phi) is 7.72. The fourth-order valence-corrected chi connectivity index (χ4v) is 6.74. The minimum atomic E-state index is -1.85. The Bertz CT molecular complexity index is 1670. The van der Waals surface area contributed by atoms with Crippen LogP contribution in [0.2, 0.25) is 18.1 Å². The van der Waals surface area contributed by atoms with E-state index in [-0.39, 0.29) is 10.6 Å². The van der Waals surface area contributed by atoms with E-state index in [0.29, 0.717) is 13.0 Å². The fourth-order valence-electron chi connectivity index (χ4n) is 5.79. The maximum absolute atomic E-state index is 13.9. The molecule has 0 fully saturated rings. The first kappa shape index (κ1) is 29.2. The number of benzene rings is 2. The predicted molar refractivity (Wildman–Crippen MR) is 170 cm³/mol. The summed E-state index contributed by atoms with van der Waals surface area (Å²) < 4.78 is 19.4. The van der Waals surface area contributed by atoms with Crippen LogP contribution in [0.25, 0.3) is 22.2 Å². The Hall–Kier alpha value is -3.29. The van der Waals surface area contributed by atoms with Crippen molar-refractivity contribution in [3.8, 4) is 22.8 Å². The molecule has 1 aliphatic rings. The van der Waals surface area contributed by atoms with Crippen molar-refractivity contribution >= 4 is 19.2 Å². The van der Waals surface area contributed by atoms with Gasteiger partial charge in [0.05, 0.1) is 26.5 Å². The zero-order valence-electron chi connectivity index (χ0n) is 26.1. The van der Waals surface area contributed by atoms with E-state index in [4.69, 9.17) is 13.9 Å². The van der Waals surface area contributed by atoms with Gasteiger partial charge in [-0.1, -0.05) is 26.8 Å². The molecule has 41 heavy (non-hydrogen) atoms. The van der Waals surface area contributed by atoms with Gasteiger partial charge in [-0.25, -0.2) is 0 Å². The predicted octanol–water partition coefficient (Wildman–Crippen LogP) is 7.46. The van der Waals surface area contributed by atoms with Gasteiger partial charge in [0.25, 0.3) is 5.56 Å². The molecule has 0 saturated carbocycles. The number of aromatic amines is 1. The number of nitrogens with zero attached hydrogens (tertiary/aromatic N) is 1. The highest BCUT2D eigenvalue weighted by Gasteiger charge is 2.37. The Morgan fingerprint density at radius 2 is 1.78 bits per heavy atom. The third-order valence-corrected chi connectivity index (χ3v) is 13.9. The van der Waals surface area contributed by atoms with E-state index in [2.05, 4.69) is 64.0 Å². The average molecular weight is 573 g/mol. The second-order valence-electron chi connectivity index (χ2n) is 12.9. The van der Waals surface area contributed by atoms with Crippen LogP contribution >= 0.6 is 0 Å². The van der Waals surface area contributed by atoms with E-state index >= 15 is 0 Å². The molecule has 0 amide bonds. The van der Waals surface area contributed by atoms with E-state index in [0.717, 1.165) is 75.3 Å². The highest BCUT2D eigenvalue weighted by atomic mass is 28.4. The van der Waals surface area contributed by atoms with Crippen molar-refractivity contribution in [1.29, 1.82) is 0 Å². The lowest BCUT2D eigenvalue weighted by atomic mass is 9.92. The van der Waals surface area contributed by atoms with Gasteiger partial charge in [-0.3, -0.25) is 4.79 Å². The minimum absolute atomic E-state index is 0.0459. The summed E-state index contributed by atoms with van der Waals surface area (Å²) in [4.78, 5) is 17.5. The van der Waals surface area contributed by atoms with Crippen LogP contribution in [0.5, 0.6) is 11.5 Å². The molecule has 0 radical (unpaired) electrons. The van der Waals surface area contributed by atoms with Crippen LogP contribution in [0.4, 0.5) is 0 Å². The highest BCUT2D eigenvalue weighted by molar-refractivity contribution is 6.74. The van der Waals surface area contributed by atoms with Crippen LogP contribution in [0.15, 0.2) is 41.2 Å². The lowest BCUT2D eigenvalue weighted by molar-refractivity contribution is 0.273. The van der Waals surface area contributed by atoms with E-state index < -0.39 is 8.32 Å². The molecule has 0 bridgehead atoms. The number of H-pyrrole nitrogens is 1. The Labute approximate surface area is 244 Å². The molecule has 7 heteroatoms. The summed E-state index contributed by atoms with van der Waals surface area (Å²) in [5, 5.41) is 1.32. The Morgan fingerprint density at radius 1 is 1.02 bits per heavy atom. The molecule has 0 aliphatic heterocycles. The molecule has 2 aromatic heterocycles. The van der Waals surface area contributed by atoms with Crippen molar-refractivity contribution in [2.24, 2.45) is 7.05 Å². The minimum Gasteiger partial charge on any atom is -0.497 e. The summed E-state index contributed by atoms with van der Waals surface area (Å²) in [7, 11) is 3.37. The number of hydrogen-bond acceptors (Lipinski definition) is 4. The van der Waals surface area contributed by atoms with Gasteiger partial charge >= 0.3 is 0 Å². The number of pyridine rings is 1. The number of methoxy groups -OCH3 is 2. The molecular formula is C34H44N2O4Si. The fraction of sp³-hybridized carbons (Fsp3) is 0.441. The maximum atomic E-state index is 13.9. The molecule has 0 spiro atoms. The van der Waals surface area contributed by atoms with Crippen molar-refractivity contribution in [2.45, 2.75) is 78.1 Å². The van der Waals surface area contributed by atoms with Crippen LogP contribution in [-0.2, 0) is 37.3 Å². The summed E-state index contributed by atoms with van der Waals surface area (Å²) in [5.41, 5.74) is 9.93. The van der Waals surface area contributed by atoms with Gasteiger partial charge in [0.15, 0.2) is 8.32 Å². The number of aryl methyl sites for hydroxylation is 1. The zero-order chi connectivity index (χ0) is 29.7. The first-order valence-corrected chi connectivity index (χ1v) is 17.5. The summed E-state index contributed by atoms with van der Waals surface area (Å²) >= 11 is 0. The van der Waals surface area contributed by atoms with Gasteiger partial charge < -0.3 is 23.5 Å². The van der Waals surface area contributed by atoms with Gasteiger partial charge in [-0.15, -0.1) is 0 Å². The van der Waals surface area contributed by atoms with Gasteiger partial charge in [-0.05, 0) is 90.8 Å². The first-order valence-electron chi connectivity index (χ1n) is 14.6. The molecule has 5 rings (SSSR count). The van der Waals surface area contributed by atoms with Gasteiger partial charge in [-0.2, -0.15) is 0 Å². The summed E-state index contributed by atoms with van der Waals surface area (Å²) in [5.74, 6) is 1.47. The van der Waals surface area contributed by atoms with E-state index in [9.17, 15) is 4.79 Å². The molecule has 1 N–H and O–H groups in total. The normalized spacial score (nSPS) is 13.6. The average Bonchev–Trinajstić information content (AvgIpc) is 3.23. The van der Waals surface area contributed by atoms with Gasteiger partial charge in [0.1, 0.15) is 11.5 Å². The molecule has 2 heterocycles. The zero-order valence-corrected chi connectivity index (χ0v) is 27.1. The number of rotatable bonds is 7. The SMILES string of the molecule is COc1ccc(Cc2c(C)c3c(n(C)c2=O)-c2cc4cc(CO[Si](C)(C)C(C)(C)C)[nH]c4cc2CCC3)c(OC)c1. The smallest absolute Gasteiger partial charge is 0.254 e. The number of fused-ring (bicyclic) bond motifs is 4. The second kappa shape index (κ2) is 10.8. The van der Waals surface area contributed by atoms with Crippen LogP contribution in [0, 0.1) is 6.92 Å². The highest BCUT2D eigenvalue weighted by Crippen LogP contribution is 2.39. The quantitative estimate of drug-likeness (QED) is 0.234. The third kappa shape index (κ3) is 5.37. The number of nitrogens with one attached hydrogen (secondary N) is 1. The summed E-state index contributed by atoms with van der Waals surface area (Å²) in [6, 6.07) is 12.6. The largest absolute Gasteiger partial charge is 0.497 e. The molecule has 218 valence electrons. The number of ether oxygens (including phenoxy) is 2. The van der Waals surface area contributed by atoms with Crippen LogP contribution in [0.1, 0.15) is 60.7 Å². The lowest BCUT2D eigenvalue weighted by Crippen LogP contribution is -2.40. The number of hydrogen-bond donors (Lipinski definition) is 1. The van der Waals surface area contributed by atoms with Crippen LogP contribution < -0.4 is 15.0 Å².